The molecule has 0 aliphatic rings. The monoisotopic (exact) mass is 553 g/mol. The molecule has 1 atom stereocenters. The Kier molecular flexibility index (Phi) is 11.0. The minimum absolute atomic E-state index is 0. The number of guanidine groups is 1. The molecule has 31 heavy (non-hydrogen) atoms. The van der Waals surface area contributed by atoms with Gasteiger partial charge < -0.3 is 15.2 Å². The van der Waals surface area contributed by atoms with Crippen LogP contribution in [0.1, 0.15) is 24.7 Å². The molecule has 1 heterocycles. The number of nitrogens with zero attached hydrogens (tertiary/aromatic N) is 3. The second-order valence-electron chi connectivity index (χ2n) is 7.11. The van der Waals surface area contributed by atoms with Crippen molar-refractivity contribution in [3.8, 4) is 0 Å². The number of aryl methyl sites for hydroxylation is 2. The Morgan fingerprint density at radius 2 is 1.84 bits per heavy atom. The van der Waals surface area contributed by atoms with Gasteiger partial charge in [-0.2, -0.15) is 0 Å². The molecule has 3 rings (SSSR count). The van der Waals surface area contributed by atoms with Crippen LogP contribution < -0.4 is 10.6 Å². The van der Waals surface area contributed by atoms with Gasteiger partial charge >= 0.3 is 0 Å². The predicted molar refractivity (Wildman–Crippen MR) is 142 cm³/mol. The molecule has 0 spiro atoms. The first-order chi connectivity index (χ1) is 14.7. The Hall–Kier alpha value is -1.94. The number of aromatic nitrogens is 2. The van der Waals surface area contributed by atoms with Crippen molar-refractivity contribution >= 4 is 51.8 Å². The van der Waals surface area contributed by atoms with Gasteiger partial charge in [-0.1, -0.05) is 42.5 Å². The van der Waals surface area contributed by atoms with Gasteiger partial charge in [0.05, 0.1) is 11.0 Å². The number of hydrogen-bond donors (Lipinski definition) is 2. The van der Waals surface area contributed by atoms with Crippen LogP contribution in [0.4, 0.5) is 0 Å². The normalized spacial score (nSPS) is 12.4. The lowest BCUT2D eigenvalue weighted by Gasteiger charge is -2.11. The maximum Gasteiger partial charge on any atom is 0.191 e. The molecule has 0 fully saturated rings. The van der Waals surface area contributed by atoms with Crippen LogP contribution in [0.15, 0.2) is 59.6 Å². The average molecular weight is 554 g/mol. The molecule has 8 heteroatoms. The van der Waals surface area contributed by atoms with Gasteiger partial charge in [-0.25, -0.2) is 4.98 Å². The highest BCUT2D eigenvalue weighted by molar-refractivity contribution is 14.0. The summed E-state index contributed by atoms with van der Waals surface area (Å²) >= 11 is 0. The van der Waals surface area contributed by atoms with E-state index in [1.807, 2.05) is 62.4 Å². The number of para-hydroxylation sites is 2. The molecule has 0 aliphatic heterocycles. The van der Waals surface area contributed by atoms with E-state index in [1.54, 1.807) is 0 Å². The van der Waals surface area contributed by atoms with E-state index in [4.69, 9.17) is 0 Å². The lowest BCUT2D eigenvalue weighted by atomic mass is 10.2. The fourth-order valence-electron chi connectivity index (χ4n) is 3.36. The van der Waals surface area contributed by atoms with Gasteiger partial charge in [-0.05, 0) is 38.0 Å². The summed E-state index contributed by atoms with van der Waals surface area (Å²) in [5.74, 6) is 3.00. The van der Waals surface area contributed by atoms with Crippen molar-refractivity contribution in [2.75, 3.05) is 25.4 Å². The third-order valence-electron chi connectivity index (χ3n) is 4.79. The Labute approximate surface area is 204 Å². The Balaban J connectivity index is 0.00000341. The van der Waals surface area contributed by atoms with Crippen molar-refractivity contribution in [2.24, 2.45) is 4.99 Å². The van der Waals surface area contributed by atoms with Gasteiger partial charge in [0.15, 0.2) is 5.96 Å². The second kappa shape index (κ2) is 13.5. The summed E-state index contributed by atoms with van der Waals surface area (Å²) < 4.78 is 14.5. The topological polar surface area (TPSA) is 71.3 Å². The number of rotatable bonds is 10. The predicted octanol–water partition coefficient (Wildman–Crippen LogP) is 3.86. The van der Waals surface area contributed by atoms with E-state index in [9.17, 15) is 4.21 Å². The number of nitrogens with one attached hydrogen (secondary N) is 2. The smallest absolute Gasteiger partial charge is 0.191 e. The van der Waals surface area contributed by atoms with E-state index in [2.05, 4.69) is 31.2 Å². The van der Waals surface area contributed by atoms with Crippen LogP contribution in [0.2, 0.25) is 0 Å². The molecule has 1 aromatic heterocycles. The molecule has 0 saturated carbocycles. The number of benzene rings is 2. The van der Waals surface area contributed by atoms with E-state index in [-0.39, 0.29) is 24.0 Å². The maximum atomic E-state index is 12.3. The largest absolute Gasteiger partial charge is 0.357 e. The average Bonchev–Trinajstić information content (AvgIpc) is 3.07. The van der Waals surface area contributed by atoms with Crippen molar-refractivity contribution in [2.45, 2.75) is 32.6 Å². The molecule has 3 aromatic rings. The van der Waals surface area contributed by atoms with E-state index in [1.165, 1.54) is 5.52 Å². The summed E-state index contributed by atoms with van der Waals surface area (Å²) in [7, 11) is -0.891. The number of fused-ring (bicyclic) bond motifs is 1. The fourth-order valence-corrected chi connectivity index (χ4v) is 4.39. The first-order valence-corrected chi connectivity index (χ1v) is 12.0. The van der Waals surface area contributed by atoms with Crippen molar-refractivity contribution in [1.82, 2.24) is 20.2 Å². The van der Waals surface area contributed by atoms with Crippen LogP contribution in [-0.4, -0.2) is 45.1 Å². The zero-order valence-electron chi connectivity index (χ0n) is 18.2. The van der Waals surface area contributed by atoms with Crippen molar-refractivity contribution in [3.63, 3.8) is 0 Å². The maximum absolute atomic E-state index is 12.3. The highest BCUT2D eigenvalue weighted by atomic mass is 127. The van der Waals surface area contributed by atoms with Crippen LogP contribution in [0, 0.1) is 6.92 Å². The minimum Gasteiger partial charge on any atom is -0.357 e. The van der Waals surface area contributed by atoms with Gasteiger partial charge in [-0.15, -0.1) is 24.0 Å². The summed E-state index contributed by atoms with van der Waals surface area (Å²) in [5.41, 5.74) is 3.32. The molecular formula is C23H32IN5OS. The molecule has 0 radical (unpaired) electrons. The summed E-state index contributed by atoms with van der Waals surface area (Å²) in [4.78, 5) is 9.28. The molecule has 1 unspecified atom stereocenters. The van der Waals surface area contributed by atoms with E-state index >= 15 is 0 Å². The van der Waals surface area contributed by atoms with Gasteiger partial charge in [-0.3, -0.25) is 9.20 Å². The van der Waals surface area contributed by atoms with Crippen LogP contribution in [-0.2, 0) is 23.1 Å². The standard InChI is InChI=1S/C23H31N5OS.HI/c1-3-24-23(26-15-17-30(29)18-20-10-5-4-6-11-20)25-14-9-16-28-19(2)27-21-12-7-8-13-22(21)28;/h4-8,10-13H,3,9,14-18H2,1-2H3,(H2,24,25,26);1H. The van der Waals surface area contributed by atoms with E-state index < -0.39 is 10.8 Å². The molecular weight excluding hydrogens is 521 g/mol. The van der Waals surface area contributed by atoms with Crippen LogP contribution in [0.5, 0.6) is 0 Å². The Morgan fingerprint density at radius 1 is 1.10 bits per heavy atom. The minimum atomic E-state index is -0.891. The Morgan fingerprint density at radius 3 is 2.61 bits per heavy atom. The zero-order chi connectivity index (χ0) is 21.2. The van der Waals surface area contributed by atoms with Gasteiger partial charge in [0.2, 0.25) is 0 Å². The van der Waals surface area contributed by atoms with Gasteiger partial charge in [0, 0.05) is 48.5 Å². The molecule has 0 bridgehead atoms. The molecule has 0 aliphatic carbocycles. The third kappa shape index (κ3) is 7.92. The first kappa shape index (κ1) is 25.3. The first-order valence-electron chi connectivity index (χ1n) is 10.5. The van der Waals surface area contributed by atoms with Crippen LogP contribution in [0.25, 0.3) is 11.0 Å². The van der Waals surface area contributed by atoms with Crippen molar-refractivity contribution < 1.29 is 4.21 Å². The second-order valence-corrected chi connectivity index (χ2v) is 8.69. The Bertz CT molecular complexity index is 990. The highest BCUT2D eigenvalue weighted by Gasteiger charge is 2.06. The lowest BCUT2D eigenvalue weighted by molar-refractivity contribution is 0.646. The van der Waals surface area contributed by atoms with Crippen LogP contribution >= 0.6 is 24.0 Å². The SMILES string of the molecule is CCNC(=NCCCn1c(C)nc2ccccc21)NCCS(=O)Cc1ccccc1.I. The molecule has 2 N–H and O–H groups in total. The lowest BCUT2D eigenvalue weighted by Crippen LogP contribution is -2.39. The molecule has 0 saturated heterocycles. The molecule has 2 aromatic carbocycles. The zero-order valence-corrected chi connectivity index (χ0v) is 21.4. The summed E-state index contributed by atoms with van der Waals surface area (Å²) in [6.07, 6.45) is 0.928. The summed E-state index contributed by atoms with van der Waals surface area (Å²) in [5, 5.41) is 6.56. The third-order valence-corrected chi connectivity index (χ3v) is 6.11. The van der Waals surface area contributed by atoms with Gasteiger partial charge in [0.25, 0.3) is 0 Å². The number of hydrogen-bond acceptors (Lipinski definition) is 3. The fraction of sp³-hybridized carbons (Fsp3) is 0.391. The van der Waals surface area contributed by atoms with Crippen molar-refractivity contribution in [3.05, 3.63) is 66.0 Å². The molecule has 168 valence electrons. The number of aliphatic imine (C=N–C) groups is 1. The summed E-state index contributed by atoms with van der Waals surface area (Å²) in [6.45, 7) is 7.13. The highest BCUT2D eigenvalue weighted by Crippen LogP contribution is 2.15. The molecule has 6 nitrogen and oxygen atoms in total. The van der Waals surface area contributed by atoms with Gasteiger partial charge in [0.1, 0.15) is 5.82 Å². The quantitative estimate of drug-likeness (QED) is 0.173. The van der Waals surface area contributed by atoms with Crippen LogP contribution in [0.3, 0.4) is 0 Å². The summed E-state index contributed by atoms with van der Waals surface area (Å²) in [6, 6.07) is 18.2. The van der Waals surface area contributed by atoms with Crippen molar-refractivity contribution in [1.29, 1.82) is 0 Å². The van der Waals surface area contributed by atoms with E-state index in [0.717, 1.165) is 42.4 Å². The number of imidazole rings is 1. The van der Waals surface area contributed by atoms with E-state index in [0.29, 0.717) is 24.6 Å². The number of halogens is 1. The molecule has 0 amide bonds.